The average molecular weight is 270 g/mol. The van der Waals surface area contributed by atoms with E-state index in [0.29, 0.717) is 6.04 Å². The summed E-state index contributed by atoms with van der Waals surface area (Å²) in [5.41, 5.74) is 1.15. The van der Waals surface area contributed by atoms with E-state index in [-0.39, 0.29) is 5.38 Å². The van der Waals surface area contributed by atoms with E-state index in [1.807, 2.05) is 6.92 Å². The molecule has 0 saturated heterocycles. The molecule has 1 fully saturated rings. The maximum atomic E-state index is 5.91. The molecule has 1 aromatic heterocycles. The number of hydrogen-bond donors (Lipinski definition) is 1. The average Bonchev–Trinajstić information content (AvgIpc) is 2.98. The Balaban J connectivity index is 1.67. The van der Waals surface area contributed by atoms with Crippen LogP contribution in [0.4, 0.5) is 0 Å². The fourth-order valence-electron chi connectivity index (χ4n) is 2.57. The van der Waals surface area contributed by atoms with Gasteiger partial charge in [-0.3, -0.25) is 4.68 Å². The van der Waals surface area contributed by atoms with Crippen molar-refractivity contribution in [2.75, 3.05) is 6.54 Å². The van der Waals surface area contributed by atoms with E-state index < -0.39 is 0 Å². The molecule has 1 saturated carbocycles. The molecule has 0 bridgehead atoms. The van der Waals surface area contributed by atoms with Crippen LogP contribution in [0.1, 0.15) is 57.2 Å². The second-order valence-corrected chi connectivity index (χ2v) is 6.07. The third-order valence-corrected chi connectivity index (χ3v) is 3.84. The van der Waals surface area contributed by atoms with E-state index in [1.54, 1.807) is 0 Å². The minimum Gasteiger partial charge on any atom is -0.311 e. The fourth-order valence-corrected chi connectivity index (χ4v) is 2.72. The number of rotatable bonds is 7. The number of aromatic nitrogens is 2. The van der Waals surface area contributed by atoms with Gasteiger partial charge >= 0.3 is 0 Å². The molecule has 1 aliphatic rings. The molecule has 18 heavy (non-hydrogen) atoms. The van der Waals surface area contributed by atoms with Gasteiger partial charge in [-0.1, -0.05) is 12.8 Å². The first kappa shape index (κ1) is 13.9. The molecular weight excluding hydrogens is 246 g/mol. The van der Waals surface area contributed by atoms with Gasteiger partial charge in [-0.25, -0.2) is 0 Å². The summed E-state index contributed by atoms with van der Waals surface area (Å²) in [5, 5.41) is 8.37. The summed E-state index contributed by atoms with van der Waals surface area (Å²) >= 11 is 5.91. The van der Waals surface area contributed by atoms with Crippen LogP contribution in [0.3, 0.4) is 0 Å². The maximum Gasteiger partial charge on any atom is 0.0762 e. The summed E-state index contributed by atoms with van der Waals surface area (Å²) in [7, 11) is 0. The van der Waals surface area contributed by atoms with Crippen molar-refractivity contribution in [1.82, 2.24) is 15.1 Å². The lowest BCUT2D eigenvalue weighted by molar-refractivity contribution is 0.460. The fraction of sp³-hybridized carbons (Fsp3) is 0.786. The molecule has 102 valence electrons. The highest BCUT2D eigenvalue weighted by atomic mass is 35.5. The number of hydrogen-bond acceptors (Lipinski definition) is 2. The van der Waals surface area contributed by atoms with Crippen molar-refractivity contribution in [2.45, 2.75) is 63.4 Å². The van der Waals surface area contributed by atoms with Gasteiger partial charge in [-0.15, -0.1) is 11.6 Å². The van der Waals surface area contributed by atoms with Crippen molar-refractivity contribution in [1.29, 1.82) is 0 Å². The smallest absolute Gasteiger partial charge is 0.0762 e. The zero-order valence-electron chi connectivity index (χ0n) is 11.2. The van der Waals surface area contributed by atoms with Gasteiger partial charge in [0.15, 0.2) is 0 Å². The van der Waals surface area contributed by atoms with Crippen molar-refractivity contribution >= 4 is 11.6 Å². The van der Waals surface area contributed by atoms with Crippen molar-refractivity contribution in [2.24, 2.45) is 0 Å². The summed E-state index contributed by atoms with van der Waals surface area (Å²) < 4.78 is 2.16. The molecule has 3 nitrogen and oxygen atoms in total. The molecule has 1 atom stereocenters. The zero-order valence-corrected chi connectivity index (χ0v) is 12.0. The van der Waals surface area contributed by atoms with Crippen LogP contribution in [0, 0.1) is 0 Å². The molecule has 1 aromatic rings. The van der Waals surface area contributed by atoms with Gasteiger partial charge in [0.1, 0.15) is 0 Å². The lowest BCUT2D eigenvalue weighted by atomic mass is 10.2. The lowest BCUT2D eigenvalue weighted by Crippen LogP contribution is -2.16. The Bertz CT molecular complexity index is 343. The first-order valence-electron chi connectivity index (χ1n) is 7.14. The highest BCUT2D eigenvalue weighted by Gasteiger charge is 2.17. The SMILES string of the molecule is CC(Cl)CCCNCc1ccn(C2CCCC2)n1. The molecule has 0 aliphatic heterocycles. The molecular formula is C14H24ClN3. The summed E-state index contributed by atoms with van der Waals surface area (Å²) in [5.74, 6) is 0. The van der Waals surface area contributed by atoms with Gasteiger partial charge in [-0.05, 0) is 45.2 Å². The Hall–Kier alpha value is -0.540. The van der Waals surface area contributed by atoms with E-state index in [0.717, 1.165) is 31.6 Å². The maximum absolute atomic E-state index is 5.91. The highest BCUT2D eigenvalue weighted by molar-refractivity contribution is 6.20. The van der Waals surface area contributed by atoms with Crippen LogP contribution in [0.25, 0.3) is 0 Å². The second-order valence-electron chi connectivity index (χ2n) is 5.33. The number of nitrogens with one attached hydrogen (secondary N) is 1. The third kappa shape index (κ3) is 4.29. The van der Waals surface area contributed by atoms with Crippen LogP contribution in [0.15, 0.2) is 12.3 Å². The summed E-state index contributed by atoms with van der Waals surface area (Å²) in [4.78, 5) is 0. The minimum atomic E-state index is 0.286. The molecule has 0 spiro atoms. The van der Waals surface area contributed by atoms with Crippen LogP contribution >= 0.6 is 11.6 Å². The monoisotopic (exact) mass is 269 g/mol. The molecule has 2 rings (SSSR count). The van der Waals surface area contributed by atoms with Crippen LogP contribution < -0.4 is 5.32 Å². The van der Waals surface area contributed by atoms with Crippen molar-refractivity contribution < 1.29 is 0 Å². The standard InChI is InChI=1S/C14H24ClN3/c1-12(15)5-4-9-16-11-13-8-10-18(17-13)14-6-2-3-7-14/h8,10,12,14,16H,2-7,9,11H2,1H3. The van der Waals surface area contributed by atoms with Crippen LogP contribution in [-0.4, -0.2) is 21.7 Å². The van der Waals surface area contributed by atoms with E-state index in [9.17, 15) is 0 Å². The van der Waals surface area contributed by atoms with Gasteiger partial charge in [0.2, 0.25) is 0 Å². The molecule has 1 aliphatic carbocycles. The van der Waals surface area contributed by atoms with Gasteiger partial charge in [0.25, 0.3) is 0 Å². The Labute approximate surface area is 115 Å². The first-order chi connectivity index (χ1) is 8.75. The zero-order chi connectivity index (χ0) is 12.8. The molecule has 0 aromatic carbocycles. The Morgan fingerprint density at radius 3 is 3.00 bits per heavy atom. The largest absolute Gasteiger partial charge is 0.311 e. The van der Waals surface area contributed by atoms with Gasteiger partial charge in [0.05, 0.1) is 11.7 Å². The first-order valence-corrected chi connectivity index (χ1v) is 7.58. The van der Waals surface area contributed by atoms with E-state index in [4.69, 9.17) is 11.6 Å². The van der Waals surface area contributed by atoms with E-state index >= 15 is 0 Å². The Kier molecular flexibility index (Phi) is 5.51. The topological polar surface area (TPSA) is 29.9 Å². The molecule has 1 N–H and O–H groups in total. The third-order valence-electron chi connectivity index (χ3n) is 3.62. The molecule has 1 heterocycles. The quantitative estimate of drug-likeness (QED) is 0.607. The van der Waals surface area contributed by atoms with Gasteiger partial charge in [-0.2, -0.15) is 5.10 Å². The Morgan fingerprint density at radius 1 is 1.50 bits per heavy atom. The molecule has 4 heteroatoms. The number of nitrogens with zero attached hydrogens (tertiary/aromatic N) is 2. The summed E-state index contributed by atoms with van der Waals surface area (Å²) in [6.07, 6.45) is 9.64. The van der Waals surface area contributed by atoms with Crippen LogP contribution in [0.2, 0.25) is 0 Å². The highest BCUT2D eigenvalue weighted by Crippen LogP contribution is 2.28. The van der Waals surface area contributed by atoms with Crippen LogP contribution in [0.5, 0.6) is 0 Å². The predicted molar refractivity (Wildman–Crippen MR) is 76.0 cm³/mol. The van der Waals surface area contributed by atoms with E-state index in [1.165, 1.54) is 25.7 Å². The normalized spacial score (nSPS) is 18.3. The molecule has 1 unspecified atom stereocenters. The van der Waals surface area contributed by atoms with Gasteiger partial charge < -0.3 is 5.32 Å². The van der Waals surface area contributed by atoms with E-state index in [2.05, 4.69) is 27.4 Å². The summed E-state index contributed by atoms with van der Waals surface area (Å²) in [6, 6.07) is 2.78. The summed E-state index contributed by atoms with van der Waals surface area (Å²) in [6.45, 7) is 3.94. The Morgan fingerprint density at radius 2 is 2.28 bits per heavy atom. The molecule has 0 amide bonds. The minimum absolute atomic E-state index is 0.286. The van der Waals surface area contributed by atoms with Crippen molar-refractivity contribution in [3.63, 3.8) is 0 Å². The second kappa shape index (κ2) is 7.15. The van der Waals surface area contributed by atoms with Gasteiger partial charge in [0, 0.05) is 18.1 Å². The lowest BCUT2D eigenvalue weighted by Gasteiger charge is -2.09. The van der Waals surface area contributed by atoms with Crippen molar-refractivity contribution in [3.8, 4) is 0 Å². The number of halogens is 1. The van der Waals surface area contributed by atoms with Crippen molar-refractivity contribution in [3.05, 3.63) is 18.0 Å². The predicted octanol–water partition coefficient (Wildman–Crippen LogP) is 3.50. The van der Waals surface area contributed by atoms with Crippen LogP contribution in [-0.2, 0) is 6.54 Å². The molecule has 0 radical (unpaired) electrons. The number of alkyl halides is 1.